The first-order chi connectivity index (χ1) is 12.7. The van der Waals surface area contributed by atoms with E-state index in [0.29, 0.717) is 5.91 Å². The van der Waals surface area contributed by atoms with Gasteiger partial charge in [-0.15, -0.1) is 0 Å². The van der Waals surface area contributed by atoms with Gasteiger partial charge in [-0.2, -0.15) is 0 Å². The van der Waals surface area contributed by atoms with Crippen LogP contribution < -0.4 is 4.90 Å². The van der Waals surface area contributed by atoms with Crippen molar-refractivity contribution in [2.75, 3.05) is 19.6 Å². The minimum atomic E-state index is -0.184. The van der Waals surface area contributed by atoms with Crippen molar-refractivity contribution < 1.29 is 14.1 Å². The van der Waals surface area contributed by atoms with Crippen LogP contribution in [-0.4, -0.2) is 30.4 Å². The van der Waals surface area contributed by atoms with Gasteiger partial charge in [0.05, 0.1) is 13.1 Å². The van der Waals surface area contributed by atoms with Gasteiger partial charge >= 0.3 is 0 Å². The first kappa shape index (κ1) is 17.2. The van der Waals surface area contributed by atoms with Crippen molar-refractivity contribution >= 4 is 5.91 Å². The van der Waals surface area contributed by atoms with Crippen LogP contribution >= 0.6 is 0 Å². The van der Waals surface area contributed by atoms with E-state index in [0.717, 1.165) is 52.0 Å². The van der Waals surface area contributed by atoms with E-state index in [1.807, 2.05) is 12.1 Å². The number of nitrogens with zero attached hydrogens (tertiary/aromatic N) is 1. The van der Waals surface area contributed by atoms with Crippen LogP contribution in [0.2, 0.25) is 0 Å². The van der Waals surface area contributed by atoms with Gasteiger partial charge in [-0.3, -0.25) is 4.79 Å². The number of carbonyl (C=O) groups is 1. The normalized spacial score (nSPS) is 22.7. The number of carbonyl (C=O) groups excluding carboxylic acids is 1. The molecule has 0 radical (unpaired) electrons. The Morgan fingerprint density at radius 2 is 1.73 bits per heavy atom. The first-order valence-electron chi connectivity index (χ1n) is 9.62. The molecule has 4 heteroatoms. The minimum Gasteiger partial charge on any atom is -0.338 e. The summed E-state index contributed by atoms with van der Waals surface area (Å²) in [6.45, 7) is 4.55. The third kappa shape index (κ3) is 3.80. The number of fused-ring (bicyclic) bond motifs is 1. The van der Waals surface area contributed by atoms with Crippen LogP contribution in [0.5, 0.6) is 0 Å². The molecule has 1 N–H and O–H groups in total. The summed E-state index contributed by atoms with van der Waals surface area (Å²) in [5.41, 5.74) is 3.85. The van der Waals surface area contributed by atoms with E-state index >= 15 is 0 Å². The molecule has 2 heterocycles. The lowest BCUT2D eigenvalue weighted by molar-refractivity contribution is -0.919. The van der Waals surface area contributed by atoms with Gasteiger partial charge in [0.2, 0.25) is 5.91 Å². The van der Waals surface area contributed by atoms with Crippen molar-refractivity contribution in [1.82, 2.24) is 4.90 Å². The molecule has 0 aromatic heterocycles. The van der Waals surface area contributed by atoms with E-state index in [-0.39, 0.29) is 11.7 Å². The molecule has 0 spiro atoms. The summed E-state index contributed by atoms with van der Waals surface area (Å²) in [5.74, 6) is 0.314. The standard InChI is InChI=1S/C22H25FN2O/c23-21-7-5-17(6-8-21)15-24-12-9-19(10-13-24)22(26)25-14-11-18-3-1-2-4-20(18)16-25/h1-8,19H,9-16H2/p+1. The predicted molar refractivity (Wildman–Crippen MR) is 99.1 cm³/mol. The maximum Gasteiger partial charge on any atom is 0.226 e. The Hall–Kier alpha value is -2.20. The fraction of sp³-hybridized carbons (Fsp3) is 0.409. The molecule has 1 amide bonds. The Morgan fingerprint density at radius 3 is 2.46 bits per heavy atom. The van der Waals surface area contributed by atoms with Gasteiger partial charge in [-0.25, -0.2) is 4.39 Å². The van der Waals surface area contributed by atoms with Gasteiger partial charge in [-0.05, 0) is 29.7 Å². The molecule has 1 fully saturated rings. The average Bonchev–Trinajstić information content (AvgIpc) is 2.69. The van der Waals surface area contributed by atoms with E-state index in [1.165, 1.54) is 33.7 Å². The van der Waals surface area contributed by atoms with Crippen molar-refractivity contribution in [2.45, 2.75) is 32.4 Å². The minimum absolute atomic E-state index is 0.164. The summed E-state index contributed by atoms with van der Waals surface area (Å²) in [6.07, 6.45) is 2.87. The lowest BCUT2D eigenvalue weighted by Gasteiger charge is -2.34. The zero-order valence-corrected chi connectivity index (χ0v) is 15.1. The van der Waals surface area contributed by atoms with E-state index < -0.39 is 0 Å². The van der Waals surface area contributed by atoms with Gasteiger partial charge in [0.25, 0.3) is 0 Å². The van der Waals surface area contributed by atoms with Gasteiger partial charge in [-0.1, -0.05) is 36.4 Å². The van der Waals surface area contributed by atoms with Crippen LogP contribution in [-0.2, 0) is 24.3 Å². The van der Waals surface area contributed by atoms with Crippen LogP contribution in [0.15, 0.2) is 48.5 Å². The Morgan fingerprint density at radius 1 is 1.04 bits per heavy atom. The van der Waals surface area contributed by atoms with E-state index in [1.54, 1.807) is 0 Å². The average molecular weight is 353 g/mol. The number of likely N-dealkylation sites (tertiary alicyclic amines) is 1. The maximum absolute atomic E-state index is 13.0. The molecule has 0 unspecified atom stereocenters. The molecule has 0 atom stereocenters. The zero-order chi connectivity index (χ0) is 17.9. The number of rotatable bonds is 3. The molecule has 136 valence electrons. The summed E-state index contributed by atoms with van der Waals surface area (Å²) in [6, 6.07) is 15.2. The fourth-order valence-corrected chi connectivity index (χ4v) is 4.28. The van der Waals surface area contributed by atoms with Crippen molar-refractivity contribution in [1.29, 1.82) is 0 Å². The third-order valence-corrected chi connectivity index (χ3v) is 5.85. The molecular formula is C22H26FN2O+. The number of piperidine rings is 1. The van der Waals surface area contributed by atoms with Gasteiger partial charge in [0.15, 0.2) is 0 Å². The quantitative estimate of drug-likeness (QED) is 0.899. The lowest BCUT2D eigenvalue weighted by atomic mass is 9.93. The Kier molecular flexibility index (Phi) is 5.02. The van der Waals surface area contributed by atoms with Gasteiger partial charge in [0, 0.05) is 37.4 Å². The molecule has 2 aromatic rings. The molecule has 0 bridgehead atoms. The Labute approximate surface area is 154 Å². The monoisotopic (exact) mass is 353 g/mol. The molecule has 26 heavy (non-hydrogen) atoms. The highest BCUT2D eigenvalue weighted by atomic mass is 19.1. The van der Waals surface area contributed by atoms with Crippen molar-refractivity contribution in [3.8, 4) is 0 Å². The molecule has 2 aliphatic heterocycles. The smallest absolute Gasteiger partial charge is 0.226 e. The van der Waals surface area contributed by atoms with Crippen LogP contribution in [0.1, 0.15) is 29.5 Å². The third-order valence-electron chi connectivity index (χ3n) is 5.85. The number of nitrogens with one attached hydrogen (secondary N) is 1. The fourth-order valence-electron chi connectivity index (χ4n) is 4.28. The summed E-state index contributed by atoms with van der Waals surface area (Å²) in [5, 5.41) is 0. The summed E-state index contributed by atoms with van der Waals surface area (Å²) in [4.78, 5) is 16.5. The molecule has 3 nitrogen and oxygen atoms in total. The molecule has 1 saturated heterocycles. The molecular weight excluding hydrogens is 327 g/mol. The van der Waals surface area contributed by atoms with Crippen LogP contribution in [0, 0.1) is 11.7 Å². The Bertz CT molecular complexity index is 766. The summed E-state index contributed by atoms with van der Waals surface area (Å²) >= 11 is 0. The number of halogens is 1. The maximum atomic E-state index is 13.0. The highest BCUT2D eigenvalue weighted by molar-refractivity contribution is 5.79. The van der Waals surface area contributed by atoms with Crippen molar-refractivity contribution in [3.63, 3.8) is 0 Å². The molecule has 0 aliphatic carbocycles. The SMILES string of the molecule is O=C(C1CC[NH+](Cc2ccc(F)cc2)CC1)N1CCc2ccccc2C1. The van der Waals surface area contributed by atoms with Gasteiger partial charge < -0.3 is 9.80 Å². The molecule has 0 saturated carbocycles. The molecule has 2 aromatic carbocycles. The summed E-state index contributed by atoms with van der Waals surface area (Å²) < 4.78 is 13.0. The highest BCUT2D eigenvalue weighted by Crippen LogP contribution is 2.22. The lowest BCUT2D eigenvalue weighted by Crippen LogP contribution is -3.11. The second-order valence-electron chi connectivity index (χ2n) is 7.61. The van der Waals surface area contributed by atoms with Gasteiger partial charge in [0.1, 0.15) is 12.4 Å². The zero-order valence-electron chi connectivity index (χ0n) is 15.1. The van der Waals surface area contributed by atoms with Crippen LogP contribution in [0.25, 0.3) is 0 Å². The first-order valence-corrected chi connectivity index (χ1v) is 9.62. The number of amides is 1. The van der Waals surface area contributed by atoms with Crippen LogP contribution in [0.3, 0.4) is 0 Å². The number of hydrogen-bond acceptors (Lipinski definition) is 1. The number of quaternary nitrogens is 1. The van der Waals surface area contributed by atoms with Crippen molar-refractivity contribution in [3.05, 3.63) is 71.0 Å². The largest absolute Gasteiger partial charge is 0.338 e. The van der Waals surface area contributed by atoms with Crippen LogP contribution in [0.4, 0.5) is 4.39 Å². The summed E-state index contributed by atoms with van der Waals surface area (Å²) in [7, 11) is 0. The second-order valence-corrected chi connectivity index (χ2v) is 7.61. The number of hydrogen-bond donors (Lipinski definition) is 1. The predicted octanol–water partition coefficient (Wildman–Crippen LogP) is 2.21. The van der Waals surface area contributed by atoms with E-state index in [2.05, 4.69) is 29.2 Å². The Balaban J connectivity index is 1.30. The van der Waals surface area contributed by atoms with Crippen molar-refractivity contribution in [2.24, 2.45) is 5.92 Å². The molecule has 4 rings (SSSR count). The second kappa shape index (κ2) is 7.58. The van der Waals surface area contributed by atoms with E-state index in [9.17, 15) is 9.18 Å². The topological polar surface area (TPSA) is 24.8 Å². The highest BCUT2D eigenvalue weighted by Gasteiger charge is 2.31. The number of benzene rings is 2. The van der Waals surface area contributed by atoms with E-state index in [4.69, 9.17) is 0 Å². The molecule has 2 aliphatic rings.